The first-order valence-corrected chi connectivity index (χ1v) is 3.49. The molecule has 0 unspecified atom stereocenters. The molecule has 2 nitrogen and oxygen atoms in total. The summed E-state index contributed by atoms with van der Waals surface area (Å²) in [5, 5.41) is 2.50. The van der Waals surface area contributed by atoms with E-state index >= 15 is 0 Å². The van der Waals surface area contributed by atoms with Gasteiger partial charge < -0.3 is 5.32 Å². The van der Waals surface area contributed by atoms with Crippen LogP contribution >= 0.6 is 0 Å². The molecule has 0 heterocycles. The molecule has 0 spiro atoms. The minimum absolute atomic E-state index is 0.566. The Hall–Kier alpha value is -1.31. The van der Waals surface area contributed by atoms with E-state index in [0.29, 0.717) is 6.54 Å². The lowest BCUT2D eigenvalue weighted by molar-refractivity contribution is 0.542. The van der Waals surface area contributed by atoms with Gasteiger partial charge in [0.05, 0.1) is 0 Å². The molecule has 1 aromatic carbocycles. The van der Waals surface area contributed by atoms with Crippen LogP contribution in [0.5, 0.6) is 0 Å². The maximum Gasteiger partial charge on any atom is 0.309 e. The van der Waals surface area contributed by atoms with E-state index in [1.54, 1.807) is 6.41 Å². The highest BCUT2D eigenvalue weighted by Crippen LogP contribution is 2.05. The summed E-state index contributed by atoms with van der Waals surface area (Å²) in [5.74, 6) is 0. The zero-order valence-electron chi connectivity index (χ0n) is 6.42. The van der Waals surface area contributed by atoms with Gasteiger partial charge >= 0.3 is 6.41 Å². The van der Waals surface area contributed by atoms with Crippen LogP contribution in [0.3, 0.4) is 0 Å². The number of aryl methyl sites for hydroxylation is 1. The van der Waals surface area contributed by atoms with Gasteiger partial charge in [0.1, 0.15) is 0 Å². The monoisotopic (exact) mass is 148 g/mol. The van der Waals surface area contributed by atoms with E-state index in [4.69, 9.17) is 0 Å². The molecule has 57 valence electrons. The first-order chi connectivity index (χ1) is 5.34. The van der Waals surface area contributed by atoms with E-state index in [2.05, 4.69) is 5.32 Å². The molecule has 1 aromatic rings. The molecular weight excluding hydrogens is 138 g/mol. The van der Waals surface area contributed by atoms with E-state index < -0.39 is 0 Å². The lowest BCUT2D eigenvalue weighted by Crippen LogP contribution is -2.10. The van der Waals surface area contributed by atoms with Crippen LogP contribution in [-0.4, -0.2) is 6.41 Å². The van der Waals surface area contributed by atoms with Crippen LogP contribution in [0.4, 0.5) is 0 Å². The first kappa shape index (κ1) is 7.79. The molecule has 0 saturated heterocycles. The SMILES string of the molecule is Cc1ccccc1CN[C]=O. The van der Waals surface area contributed by atoms with E-state index in [-0.39, 0.29) is 0 Å². The summed E-state index contributed by atoms with van der Waals surface area (Å²) in [5.41, 5.74) is 2.33. The number of benzene rings is 1. The fraction of sp³-hybridized carbons (Fsp3) is 0.222. The summed E-state index contributed by atoms with van der Waals surface area (Å²) in [6, 6.07) is 7.93. The molecule has 0 atom stereocenters. The molecule has 2 heteroatoms. The van der Waals surface area contributed by atoms with Crippen molar-refractivity contribution in [2.24, 2.45) is 0 Å². The lowest BCUT2D eigenvalue weighted by atomic mass is 10.1. The number of amides is 1. The molecular formula is C9H10NO. The minimum Gasteiger partial charge on any atom is -0.344 e. The first-order valence-electron chi connectivity index (χ1n) is 3.49. The highest BCUT2D eigenvalue weighted by molar-refractivity contribution is 5.47. The van der Waals surface area contributed by atoms with E-state index in [1.165, 1.54) is 5.56 Å². The molecule has 0 aliphatic rings. The van der Waals surface area contributed by atoms with Crippen molar-refractivity contribution in [2.45, 2.75) is 13.5 Å². The Morgan fingerprint density at radius 3 is 2.82 bits per heavy atom. The van der Waals surface area contributed by atoms with Crippen LogP contribution in [0, 0.1) is 6.92 Å². The highest BCUT2D eigenvalue weighted by atomic mass is 16.1. The fourth-order valence-electron chi connectivity index (χ4n) is 0.940. The van der Waals surface area contributed by atoms with Gasteiger partial charge in [0.15, 0.2) is 0 Å². The van der Waals surface area contributed by atoms with Gasteiger partial charge in [0.2, 0.25) is 0 Å². The quantitative estimate of drug-likeness (QED) is 0.640. The summed E-state index contributed by atoms with van der Waals surface area (Å²) in [7, 11) is 0. The second kappa shape index (κ2) is 3.76. The Labute approximate surface area is 66.2 Å². The molecule has 0 saturated carbocycles. The fourth-order valence-corrected chi connectivity index (χ4v) is 0.940. The average molecular weight is 148 g/mol. The molecule has 1 radical (unpaired) electrons. The highest BCUT2D eigenvalue weighted by Gasteiger charge is 1.93. The molecule has 1 rings (SSSR count). The largest absolute Gasteiger partial charge is 0.344 e. The van der Waals surface area contributed by atoms with Crippen LogP contribution in [-0.2, 0) is 11.3 Å². The van der Waals surface area contributed by atoms with E-state index in [9.17, 15) is 4.79 Å². The molecule has 1 amide bonds. The van der Waals surface area contributed by atoms with Crippen molar-refractivity contribution >= 4 is 6.41 Å². The standard InChI is InChI=1S/C9H10NO/c1-8-4-2-3-5-9(8)6-10-7-11/h2-5H,6H2,1H3,(H,10,11). The number of hydrogen-bond donors (Lipinski definition) is 1. The molecule has 0 bridgehead atoms. The van der Waals surface area contributed by atoms with Crippen LogP contribution in [0.15, 0.2) is 24.3 Å². The third-order valence-electron chi connectivity index (χ3n) is 1.61. The van der Waals surface area contributed by atoms with Gasteiger partial charge in [0.25, 0.3) is 0 Å². The van der Waals surface area contributed by atoms with Gasteiger partial charge in [-0.1, -0.05) is 24.3 Å². The van der Waals surface area contributed by atoms with Crippen LogP contribution in [0.1, 0.15) is 11.1 Å². The predicted octanol–water partition coefficient (Wildman–Crippen LogP) is 1.15. The summed E-state index contributed by atoms with van der Waals surface area (Å²) in [4.78, 5) is 9.85. The Balaban J connectivity index is 2.69. The summed E-state index contributed by atoms with van der Waals surface area (Å²) < 4.78 is 0. The Kier molecular flexibility index (Phi) is 2.66. The van der Waals surface area contributed by atoms with Gasteiger partial charge in [-0.15, -0.1) is 0 Å². The van der Waals surface area contributed by atoms with Crippen molar-refractivity contribution < 1.29 is 4.79 Å². The number of rotatable bonds is 3. The third-order valence-corrected chi connectivity index (χ3v) is 1.61. The van der Waals surface area contributed by atoms with Crippen molar-refractivity contribution in [2.75, 3.05) is 0 Å². The number of nitrogens with one attached hydrogen (secondary N) is 1. The van der Waals surface area contributed by atoms with Crippen LogP contribution in [0.2, 0.25) is 0 Å². The molecule has 0 aliphatic heterocycles. The molecule has 0 fully saturated rings. The van der Waals surface area contributed by atoms with Gasteiger partial charge in [-0.05, 0) is 18.1 Å². The van der Waals surface area contributed by atoms with Gasteiger partial charge in [-0.3, -0.25) is 4.79 Å². The maximum absolute atomic E-state index is 9.85. The Morgan fingerprint density at radius 2 is 2.18 bits per heavy atom. The third kappa shape index (κ3) is 2.08. The molecule has 0 aliphatic carbocycles. The van der Waals surface area contributed by atoms with Crippen molar-refractivity contribution in [3.63, 3.8) is 0 Å². The Morgan fingerprint density at radius 1 is 1.45 bits per heavy atom. The van der Waals surface area contributed by atoms with Gasteiger partial charge in [0, 0.05) is 6.54 Å². The predicted molar refractivity (Wildman–Crippen MR) is 43.7 cm³/mol. The Bertz CT molecular complexity index is 245. The van der Waals surface area contributed by atoms with Gasteiger partial charge in [-0.25, -0.2) is 0 Å². The van der Waals surface area contributed by atoms with Crippen molar-refractivity contribution in [3.8, 4) is 0 Å². The normalized spacial score (nSPS) is 9.18. The average Bonchev–Trinajstić information content (AvgIpc) is 2.03. The zero-order chi connectivity index (χ0) is 8.10. The molecule has 1 N–H and O–H groups in total. The smallest absolute Gasteiger partial charge is 0.309 e. The van der Waals surface area contributed by atoms with E-state index in [0.717, 1.165) is 5.56 Å². The molecule has 11 heavy (non-hydrogen) atoms. The van der Waals surface area contributed by atoms with Crippen molar-refractivity contribution in [1.82, 2.24) is 5.32 Å². The van der Waals surface area contributed by atoms with E-state index in [1.807, 2.05) is 31.2 Å². The number of carbonyl (C=O) groups excluding carboxylic acids is 1. The topological polar surface area (TPSA) is 29.1 Å². The number of hydrogen-bond acceptors (Lipinski definition) is 1. The van der Waals surface area contributed by atoms with Crippen LogP contribution in [0.25, 0.3) is 0 Å². The zero-order valence-corrected chi connectivity index (χ0v) is 6.42. The van der Waals surface area contributed by atoms with Crippen molar-refractivity contribution in [1.29, 1.82) is 0 Å². The van der Waals surface area contributed by atoms with Gasteiger partial charge in [-0.2, -0.15) is 0 Å². The maximum atomic E-state index is 9.85. The lowest BCUT2D eigenvalue weighted by Gasteiger charge is -2.01. The second-order valence-corrected chi connectivity index (χ2v) is 2.38. The molecule has 0 aromatic heterocycles. The second-order valence-electron chi connectivity index (χ2n) is 2.38. The minimum atomic E-state index is 0.566. The van der Waals surface area contributed by atoms with Crippen molar-refractivity contribution in [3.05, 3.63) is 35.4 Å². The summed E-state index contributed by atoms with van der Waals surface area (Å²) in [6.07, 6.45) is 1.64. The van der Waals surface area contributed by atoms with Crippen LogP contribution < -0.4 is 5.32 Å². The summed E-state index contributed by atoms with van der Waals surface area (Å²) in [6.45, 7) is 2.58. The summed E-state index contributed by atoms with van der Waals surface area (Å²) >= 11 is 0.